The minimum absolute atomic E-state index is 0.0143. The molecule has 2 heterocycles. The van der Waals surface area contributed by atoms with Crippen LogP contribution in [0.5, 0.6) is 0 Å². The number of hydrogen-bond acceptors (Lipinski definition) is 8. The van der Waals surface area contributed by atoms with Crippen molar-refractivity contribution in [2.24, 2.45) is 11.7 Å². The summed E-state index contributed by atoms with van der Waals surface area (Å²) in [6.45, 7) is 5.13. The number of imide groups is 1. The number of nitrogens with zero attached hydrogens (tertiary/aromatic N) is 4. The van der Waals surface area contributed by atoms with Crippen molar-refractivity contribution in [3.05, 3.63) is 23.9 Å². The van der Waals surface area contributed by atoms with E-state index >= 15 is 0 Å². The lowest BCUT2D eigenvalue weighted by atomic mass is 9.97. The monoisotopic (exact) mass is 412 g/mol. The molecule has 0 saturated carbocycles. The first kappa shape index (κ1) is 23.4. The van der Waals surface area contributed by atoms with Gasteiger partial charge < -0.3 is 16.4 Å². The maximum Gasteiger partial charge on any atom is 0.339 e. The Hall–Kier alpha value is -2.85. The van der Waals surface area contributed by atoms with E-state index < -0.39 is 16.6 Å². The summed E-state index contributed by atoms with van der Waals surface area (Å²) in [5, 5.41) is 24.5. The lowest BCUT2D eigenvalue weighted by Crippen LogP contribution is -2.66. The van der Waals surface area contributed by atoms with E-state index in [0.29, 0.717) is 43.9 Å². The molecule has 0 aliphatic carbocycles. The smallest absolute Gasteiger partial charge is 0.339 e. The van der Waals surface area contributed by atoms with Crippen LogP contribution in [0.3, 0.4) is 0 Å². The lowest BCUT2D eigenvalue weighted by molar-refractivity contribution is -0.783. The standard InChI is InChI=1S/C21H30N7O2/c1-3-15(2)20(24)21(30)28(10-4-5-17(28)12-23)19(29)14-25-8-9-26-18-7-6-16(11-22)13-27-18/h6-7,13,15,17,20,25H,3-5,8-10,14,24H2,1-2H3,(H,26,27)/q+1/t15-,17?,20+,28-/m1/s1. The van der Waals surface area contributed by atoms with Gasteiger partial charge in [0.2, 0.25) is 0 Å². The summed E-state index contributed by atoms with van der Waals surface area (Å²) >= 11 is 0. The van der Waals surface area contributed by atoms with Gasteiger partial charge in [-0.3, -0.25) is 0 Å². The average Bonchev–Trinajstić information content (AvgIpc) is 3.22. The first-order chi connectivity index (χ1) is 14.4. The Morgan fingerprint density at radius 1 is 1.37 bits per heavy atom. The fourth-order valence-electron chi connectivity index (χ4n) is 3.70. The Morgan fingerprint density at radius 3 is 2.73 bits per heavy atom. The molecule has 0 spiro atoms. The van der Waals surface area contributed by atoms with Gasteiger partial charge in [-0.1, -0.05) is 20.3 Å². The zero-order chi connectivity index (χ0) is 22.1. The van der Waals surface area contributed by atoms with Crippen LogP contribution in [0.1, 0.15) is 38.7 Å². The number of rotatable bonds is 9. The van der Waals surface area contributed by atoms with Crippen molar-refractivity contribution in [1.82, 2.24) is 10.3 Å². The Kier molecular flexibility index (Phi) is 8.43. The van der Waals surface area contributed by atoms with Gasteiger partial charge in [-0.15, -0.1) is 0 Å². The van der Waals surface area contributed by atoms with Crippen LogP contribution in [-0.4, -0.2) is 59.5 Å². The van der Waals surface area contributed by atoms with Crippen LogP contribution in [0.4, 0.5) is 5.82 Å². The highest BCUT2D eigenvalue weighted by Gasteiger charge is 2.56. The highest BCUT2D eigenvalue weighted by molar-refractivity contribution is 5.89. The number of carbonyl (C=O) groups is 2. The van der Waals surface area contributed by atoms with Gasteiger partial charge in [-0.2, -0.15) is 15.0 Å². The third-order valence-electron chi connectivity index (χ3n) is 5.83. The molecule has 1 unspecified atom stereocenters. The Labute approximate surface area is 177 Å². The van der Waals surface area contributed by atoms with Gasteiger partial charge in [0.25, 0.3) is 0 Å². The number of likely N-dealkylation sites (tertiary alicyclic amines) is 1. The molecule has 1 aromatic heterocycles. The summed E-state index contributed by atoms with van der Waals surface area (Å²) in [7, 11) is 0. The highest BCUT2D eigenvalue weighted by atomic mass is 16.2. The van der Waals surface area contributed by atoms with E-state index in [-0.39, 0.29) is 24.3 Å². The normalized spacial score (nSPS) is 22.5. The SMILES string of the molecule is CC[C@@H](C)[C@H](N)C(=O)[N@+]1(C(=O)CNCCNc2ccc(C#N)cn2)CCCC1C#N. The molecule has 1 fully saturated rings. The van der Waals surface area contributed by atoms with Crippen molar-refractivity contribution < 1.29 is 14.1 Å². The fraction of sp³-hybridized carbons (Fsp3) is 0.571. The third kappa shape index (κ3) is 5.00. The number of amides is 2. The number of hydrogen-bond donors (Lipinski definition) is 3. The molecule has 2 amide bonds. The average molecular weight is 413 g/mol. The summed E-state index contributed by atoms with van der Waals surface area (Å²) < 4.78 is -0.473. The van der Waals surface area contributed by atoms with E-state index in [1.807, 2.05) is 19.9 Å². The number of nitrogens with two attached hydrogens (primary N) is 1. The molecule has 2 rings (SSSR count). The van der Waals surface area contributed by atoms with Gasteiger partial charge >= 0.3 is 11.8 Å². The molecule has 1 aliphatic heterocycles. The number of nitrogens with one attached hydrogen (secondary N) is 2. The van der Waals surface area contributed by atoms with Crippen LogP contribution in [-0.2, 0) is 9.59 Å². The van der Waals surface area contributed by atoms with E-state index in [2.05, 4.69) is 21.7 Å². The van der Waals surface area contributed by atoms with Crippen molar-refractivity contribution in [2.45, 2.75) is 45.2 Å². The number of aromatic nitrogens is 1. The second kappa shape index (κ2) is 10.8. The fourth-order valence-corrected chi connectivity index (χ4v) is 3.70. The summed E-state index contributed by atoms with van der Waals surface area (Å²) in [4.78, 5) is 30.4. The minimum Gasteiger partial charge on any atom is -0.369 e. The molecular formula is C21H30N7O2+. The number of pyridine rings is 1. The number of quaternary nitrogens is 1. The minimum atomic E-state index is -0.767. The molecule has 0 bridgehead atoms. The number of carbonyl (C=O) groups excluding carboxylic acids is 2. The van der Waals surface area contributed by atoms with Crippen molar-refractivity contribution >= 4 is 17.6 Å². The third-order valence-corrected chi connectivity index (χ3v) is 5.83. The largest absolute Gasteiger partial charge is 0.369 e. The van der Waals surface area contributed by atoms with Crippen molar-refractivity contribution in [2.75, 3.05) is 31.5 Å². The molecule has 160 valence electrons. The van der Waals surface area contributed by atoms with Crippen LogP contribution in [0, 0.1) is 28.6 Å². The van der Waals surface area contributed by atoms with Gasteiger partial charge in [0.15, 0.2) is 6.04 Å². The van der Waals surface area contributed by atoms with Crippen LogP contribution in [0.15, 0.2) is 18.3 Å². The Balaban J connectivity index is 1.95. The van der Waals surface area contributed by atoms with Gasteiger partial charge in [0.05, 0.1) is 12.1 Å². The molecule has 1 aromatic rings. The summed E-state index contributed by atoms with van der Waals surface area (Å²) in [5.41, 5.74) is 6.65. The van der Waals surface area contributed by atoms with Crippen molar-refractivity contribution in [3.63, 3.8) is 0 Å². The molecular weight excluding hydrogens is 382 g/mol. The van der Waals surface area contributed by atoms with Crippen LogP contribution in [0.2, 0.25) is 0 Å². The van der Waals surface area contributed by atoms with Gasteiger partial charge in [-0.25, -0.2) is 14.6 Å². The first-order valence-corrected chi connectivity index (χ1v) is 10.3. The van der Waals surface area contributed by atoms with Gasteiger partial charge in [0.1, 0.15) is 30.5 Å². The van der Waals surface area contributed by atoms with Crippen LogP contribution >= 0.6 is 0 Å². The van der Waals surface area contributed by atoms with Crippen molar-refractivity contribution in [1.29, 1.82) is 10.5 Å². The second-order valence-corrected chi connectivity index (χ2v) is 7.67. The molecule has 0 aromatic carbocycles. The first-order valence-electron chi connectivity index (χ1n) is 10.3. The second-order valence-electron chi connectivity index (χ2n) is 7.67. The molecule has 9 nitrogen and oxygen atoms in total. The van der Waals surface area contributed by atoms with E-state index in [4.69, 9.17) is 11.0 Å². The molecule has 0 radical (unpaired) electrons. The topological polar surface area (TPSA) is 145 Å². The van der Waals surface area contributed by atoms with Crippen molar-refractivity contribution in [3.8, 4) is 12.1 Å². The zero-order valence-corrected chi connectivity index (χ0v) is 17.6. The highest BCUT2D eigenvalue weighted by Crippen LogP contribution is 2.30. The van der Waals surface area contributed by atoms with Gasteiger partial charge in [0, 0.05) is 32.1 Å². The molecule has 4 N–H and O–H groups in total. The lowest BCUT2D eigenvalue weighted by Gasteiger charge is -2.34. The van der Waals surface area contributed by atoms with Crippen LogP contribution in [0.25, 0.3) is 0 Å². The Bertz CT molecular complexity index is 827. The summed E-state index contributed by atoms with van der Waals surface area (Å²) in [6, 6.07) is 6.11. The van der Waals surface area contributed by atoms with E-state index in [9.17, 15) is 14.9 Å². The molecule has 1 saturated heterocycles. The van der Waals surface area contributed by atoms with E-state index in [1.165, 1.54) is 6.20 Å². The maximum atomic E-state index is 13.2. The molecule has 4 atom stereocenters. The molecule has 30 heavy (non-hydrogen) atoms. The number of nitriles is 2. The predicted molar refractivity (Wildman–Crippen MR) is 112 cm³/mol. The maximum absolute atomic E-state index is 13.2. The number of anilines is 1. The predicted octanol–water partition coefficient (Wildman–Crippen LogP) is 0.884. The summed E-state index contributed by atoms with van der Waals surface area (Å²) in [6.07, 6.45) is 3.38. The van der Waals surface area contributed by atoms with Crippen LogP contribution < -0.4 is 16.4 Å². The zero-order valence-electron chi connectivity index (χ0n) is 17.6. The molecule has 9 heteroatoms. The molecule has 1 aliphatic rings. The van der Waals surface area contributed by atoms with Gasteiger partial charge in [-0.05, 0) is 18.1 Å². The Morgan fingerprint density at radius 2 is 2.13 bits per heavy atom. The quantitative estimate of drug-likeness (QED) is 0.400. The summed E-state index contributed by atoms with van der Waals surface area (Å²) in [5.74, 6) is -0.0823. The van der Waals surface area contributed by atoms with E-state index in [1.54, 1.807) is 12.1 Å². The van der Waals surface area contributed by atoms with E-state index in [0.717, 1.165) is 6.42 Å².